The Labute approximate surface area is 113 Å². The maximum absolute atomic E-state index is 4.52. The van der Waals surface area contributed by atoms with E-state index in [1.807, 2.05) is 0 Å². The second-order valence-corrected chi connectivity index (χ2v) is 7.74. The predicted octanol–water partition coefficient (Wildman–Crippen LogP) is 3.89. The Kier molecular flexibility index (Phi) is 5.95. The van der Waals surface area contributed by atoms with Crippen molar-refractivity contribution in [3.05, 3.63) is 0 Å². The fourth-order valence-electron chi connectivity index (χ4n) is 1.49. The molecule has 0 rings (SSSR count). The lowest BCUT2D eigenvalue weighted by atomic mass is 10.00. The lowest BCUT2D eigenvalue weighted by Gasteiger charge is -2.33. The normalized spacial score (nSPS) is 17.4. The van der Waals surface area contributed by atoms with Crippen LogP contribution in [0.25, 0.3) is 0 Å². The minimum atomic E-state index is -0.366. The van der Waals surface area contributed by atoms with Crippen molar-refractivity contribution in [1.82, 2.24) is 10.9 Å². The molecule has 0 aliphatic rings. The van der Waals surface area contributed by atoms with Gasteiger partial charge in [-0.1, -0.05) is 13.8 Å². The predicted molar refractivity (Wildman–Crippen MR) is 78.5 cm³/mol. The van der Waals surface area contributed by atoms with Crippen LogP contribution in [0.1, 0.15) is 68.7 Å². The van der Waals surface area contributed by atoms with Crippen LogP contribution in [-0.2, 0) is 0 Å². The number of azo groups is 1. The average Bonchev–Trinajstić information content (AvgIpc) is 2.09. The molecule has 108 valence electrons. The zero-order valence-corrected chi connectivity index (χ0v) is 13.7. The van der Waals surface area contributed by atoms with E-state index in [2.05, 4.69) is 83.4 Å². The highest BCUT2D eigenvalue weighted by Gasteiger charge is 2.27. The SMILES string of the molecule is CC(C)CC(C)(N=NC(C)(C)C)NNC(C)(C)C. The first-order valence-electron chi connectivity index (χ1n) is 6.81. The van der Waals surface area contributed by atoms with Crippen LogP contribution >= 0.6 is 0 Å². The van der Waals surface area contributed by atoms with Crippen LogP contribution in [0.3, 0.4) is 0 Å². The molecule has 0 saturated carbocycles. The smallest absolute Gasteiger partial charge is 0.141 e. The molecule has 0 fully saturated rings. The van der Waals surface area contributed by atoms with Gasteiger partial charge in [0, 0.05) is 5.54 Å². The number of nitrogens with one attached hydrogen (secondary N) is 2. The molecule has 0 spiro atoms. The van der Waals surface area contributed by atoms with Gasteiger partial charge in [-0.2, -0.15) is 10.2 Å². The monoisotopic (exact) mass is 256 g/mol. The summed E-state index contributed by atoms with van der Waals surface area (Å²) in [5.74, 6) is 0.559. The van der Waals surface area contributed by atoms with Crippen LogP contribution in [0.2, 0.25) is 0 Å². The zero-order chi connectivity index (χ0) is 14.6. The summed E-state index contributed by atoms with van der Waals surface area (Å²) < 4.78 is 0. The molecule has 0 heterocycles. The highest BCUT2D eigenvalue weighted by atomic mass is 15.5. The Morgan fingerprint density at radius 1 is 0.833 bits per heavy atom. The highest BCUT2D eigenvalue weighted by molar-refractivity contribution is 4.82. The van der Waals surface area contributed by atoms with Crippen LogP contribution in [-0.4, -0.2) is 16.7 Å². The molecule has 0 aromatic carbocycles. The molecular formula is C14H32N4. The first kappa shape index (κ1) is 17.5. The van der Waals surface area contributed by atoms with E-state index in [1.165, 1.54) is 0 Å². The minimum absolute atomic E-state index is 0.00942. The fourth-order valence-corrected chi connectivity index (χ4v) is 1.49. The van der Waals surface area contributed by atoms with Crippen LogP contribution in [0.5, 0.6) is 0 Å². The van der Waals surface area contributed by atoms with E-state index in [4.69, 9.17) is 0 Å². The van der Waals surface area contributed by atoms with Crippen LogP contribution < -0.4 is 10.9 Å². The Morgan fingerprint density at radius 2 is 1.33 bits per heavy atom. The van der Waals surface area contributed by atoms with E-state index in [9.17, 15) is 0 Å². The van der Waals surface area contributed by atoms with Gasteiger partial charge in [-0.3, -0.25) is 5.43 Å². The number of hydrogen-bond donors (Lipinski definition) is 2. The maximum Gasteiger partial charge on any atom is 0.141 e. The Bertz CT molecular complexity index is 270. The van der Waals surface area contributed by atoms with Gasteiger partial charge in [0.2, 0.25) is 0 Å². The fraction of sp³-hybridized carbons (Fsp3) is 1.00. The van der Waals surface area contributed by atoms with Crippen molar-refractivity contribution in [2.45, 2.75) is 85.5 Å². The molecular weight excluding hydrogens is 224 g/mol. The Morgan fingerprint density at radius 3 is 1.67 bits per heavy atom. The van der Waals surface area contributed by atoms with E-state index in [0.717, 1.165) is 6.42 Å². The number of hydrogen-bond acceptors (Lipinski definition) is 4. The molecule has 0 aromatic rings. The lowest BCUT2D eigenvalue weighted by Crippen LogP contribution is -2.56. The van der Waals surface area contributed by atoms with E-state index in [0.29, 0.717) is 5.92 Å². The summed E-state index contributed by atoms with van der Waals surface area (Å²) in [5.41, 5.74) is 6.14. The third kappa shape index (κ3) is 9.54. The third-order valence-corrected chi connectivity index (χ3v) is 2.08. The van der Waals surface area contributed by atoms with Crippen molar-refractivity contribution in [3.63, 3.8) is 0 Å². The van der Waals surface area contributed by atoms with E-state index in [1.54, 1.807) is 0 Å². The molecule has 1 unspecified atom stereocenters. The number of nitrogens with zero attached hydrogens (tertiary/aromatic N) is 2. The minimum Gasteiger partial charge on any atom is -0.250 e. The van der Waals surface area contributed by atoms with Crippen molar-refractivity contribution >= 4 is 0 Å². The summed E-state index contributed by atoms with van der Waals surface area (Å²) >= 11 is 0. The molecule has 0 aromatic heterocycles. The Hall–Kier alpha value is -0.480. The zero-order valence-electron chi connectivity index (χ0n) is 13.7. The quantitative estimate of drug-likeness (QED) is 0.579. The topological polar surface area (TPSA) is 48.8 Å². The van der Waals surface area contributed by atoms with Gasteiger partial charge >= 0.3 is 0 Å². The van der Waals surface area contributed by atoms with Gasteiger partial charge in [0.25, 0.3) is 0 Å². The van der Waals surface area contributed by atoms with Crippen LogP contribution in [0.15, 0.2) is 10.2 Å². The van der Waals surface area contributed by atoms with Gasteiger partial charge in [0.05, 0.1) is 5.54 Å². The molecule has 18 heavy (non-hydrogen) atoms. The van der Waals surface area contributed by atoms with Gasteiger partial charge in [0.1, 0.15) is 5.66 Å². The van der Waals surface area contributed by atoms with Crippen molar-refractivity contribution in [1.29, 1.82) is 0 Å². The molecule has 0 amide bonds. The first-order valence-corrected chi connectivity index (χ1v) is 6.81. The van der Waals surface area contributed by atoms with E-state index < -0.39 is 0 Å². The van der Waals surface area contributed by atoms with Crippen LogP contribution in [0, 0.1) is 5.92 Å². The summed E-state index contributed by atoms with van der Waals surface area (Å²) in [6, 6.07) is 0. The van der Waals surface area contributed by atoms with Gasteiger partial charge in [-0.15, -0.1) is 0 Å². The lowest BCUT2D eigenvalue weighted by molar-refractivity contribution is 0.207. The van der Waals surface area contributed by atoms with E-state index >= 15 is 0 Å². The Balaban J connectivity index is 4.78. The number of hydrazine groups is 1. The molecule has 2 N–H and O–H groups in total. The van der Waals surface area contributed by atoms with Crippen molar-refractivity contribution < 1.29 is 0 Å². The van der Waals surface area contributed by atoms with Crippen molar-refractivity contribution in [2.75, 3.05) is 0 Å². The van der Waals surface area contributed by atoms with Gasteiger partial charge in [-0.05, 0) is 60.8 Å². The van der Waals surface area contributed by atoms with Crippen molar-refractivity contribution in [2.24, 2.45) is 16.1 Å². The largest absolute Gasteiger partial charge is 0.250 e. The molecule has 0 aliphatic heterocycles. The van der Waals surface area contributed by atoms with Gasteiger partial charge in [-0.25, -0.2) is 5.43 Å². The second-order valence-electron chi connectivity index (χ2n) is 7.74. The van der Waals surface area contributed by atoms with Crippen molar-refractivity contribution in [3.8, 4) is 0 Å². The molecule has 4 heteroatoms. The molecule has 1 atom stereocenters. The van der Waals surface area contributed by atoms with Crippen LogP contribution in [0.4, 0.5) is 0 Å². The molecule has 0 aliphatic carbocycles. The molecule has 0 bridgehead atoms. The number of rotatable bonds is 5. The summed E-state index contributed by atoms with van der Waals surface area (Å²) in [6.45, 7) is 19.0. The summed E-state index contributed by atoms with van der Waals surface area (Å²) in [7, 11) is 0. The summed E-state index contributed by atoms with van der Waals surface area (Å²) in [4.78, 5) is 0. The molecule has 0 radical (unpaired) electrons. The van der Waals surface area contributed by atoms with E-state index in [-0.39, 0.29) is 16.7 Å². The molecule has 0 saturated heterocycles. The summed E-state index contributed by atoms with van der Waals surface area (Å²) in [6.07, 6.45) is 0.940. The van der Waals surface area contributed by atoms with Gasteiger partial charge < -0.3 is 0 Å². The van der Waals surface area contributed by atoms with Gasteiger partial charge in [0.15, 0.2) is 0 Å². The first-order chi connectivity index (χ1) is 7.83. The second kappa shape index (κ2) is 6.11. The average molecular weight is 256 g/mol. The maximum atomic E-state index is 4.52. The summed E-state index contributed by atoms with van der Waals surface area (Å²) in [5, 5.41) is 8.93. The third-order valence-electron chi connectivity index (χ3n) is 2.08. The molecule has 4 nitrogen and oxygen atoms in total. The highest BCUT2D eigenvalue weighted by Crippen LogP contribution is 2.20. The standard InChI is InChI=1S/C14H32N4/c1-11(2)10-14(9,17-15-12(3,4)5)18-16-13(6,7)8/h11,15,17H,10H2,1-9H3.